The number of aromatic nitrogens is 1. The molecule has 0 radical (unpaired) electrons. The summed E-state index contributed by atoms with van der Waals surface area (Å²) in [5, 5.41) is 8.91. The van der Waals surface area contributed by atoms with Gasteiger partial charge in [-0.2, -0.15) is 5.26 Å². The van der Waals surface area contributed by atoms with Gasteiger partial charge in [0.25, 0.3) is 0 Å². The predicted octanol–water partition coefficient (Wildman–Crippen LogP) is 3.34. The molecule has 0 fully saturated rings. The molecule has 0 aliphatic rings. The van der Waals surface area contributed by atoms with Gasteiger partial charge in [-0.1, -0.05) is 6.07 Å². The first-order chi connectivity index (χ1) is 8.60. The van der Waals surface area contributed by atoms with Gasteiger partial charge in [-0.25, -0.2) is 4.98 Å². The quantitative estimate of drug-likeness (QED) is 0.804. The maximum atomic E-state index is 8.91. The van der Waals surface area contributed by atoms with E-state index in [1.54, 1.807) is 18.3 Å². The Hall–Kier alpha value is -2.34. The summed E-state index contributed by atoms with van der Waals surface area (Å²) in [6.45, 7) is 4.15. The van der Waals surface area contributed by atoms with Crippen LogP contribution in [0.3, 0.4) is 0 Å². The number of hydrogen-bond donors (Lipinski definition) is 0. The largest absolute Gasteiger partial charge is 0.329 e. The van der Waals surface area contributed by atoms with E-state index in [2.05, 4.69) is 43.1 Å². The van der Waals surface area contributed by atoms with Crippen LogP contribution in [0.1, 0.15) is 16.7 Å². The molecule has 0 N–H and O–H groups in total. The highest BCUT2D eigenvalue weighted by atomic mass is 15.2. The number of hydrogen-bond acceptors (Lipinski definition) is 3. The first-order valence-corrected chi connectivity index (χ1v) is 5.78. The van der Waals surface area contributed by atoms with E-state index in [1.807, 2.05) is 11.9 Å². The Bertz CT molecular complexity index is 591. The van der Waals surface area contributed by atoms with Gasteiger partial charge < -0.3 is 4.90 Å². The van der Waals surface area contributed by atoms with Crippen molar-refractivity contribution in [2.75, 3.05) is 11.9 Å². The van der Waals surface area contributed by atoms with E-state index in [4.69, 9.17) is 5.26 Å². The molecule has 0 atom stereocenters. The van der Waals surface area contributed by atoms with Crippen LogP contribution in [0.4, 0.5) is 11.5 Å². The smallest absolute Gasteiger partial charge is 0.133 e. The Kier molecular flexibility index (Phi) is 3.29. The fourth-order valence-corrected chi connectivity index (χ4v) is 1.95. The molecule has 90 valence electrons. The molecular formula is C15H15N3. The summed E-state index contributed by atoms with van der Waals surface area (Å²) < 4.78 is 0. The first-order valence-electron chi connectivity index (χ1n) is 5.78. The van der Waals surface area contributed by atoms with Crippen LogP contribution in [0, 0.1) is 25.2 Å². The van der Waals surface area contributed by atoms with Crippen LogP contribution in [0.25, 0.3) is 0 Å². The number of benzene rings is 1. The monoisotopic (exact) mass is 237 g/mol. The van der Waals surface area contributed by atoms with Gasteiger partial charge in [0, 0.05) is 18.9 Å². The molecule has 0 amide bonds. The molecule has 0 spiro atoms. The summed E-state index contributed by atoms with van der Waals surface area (Å²) in [4.78, 5) is 6.28. The van der Waals surface area contributed by atoms with E-state index < -0.39 is 0 Å². The van der Waals surface area contributed by atoms with Crippen molar-refractivity contribution < 1.29 is 0 Å². The Balaban J connectivity index is 2.41. The molecule has 3 heteroatoms. The predicted molar refractivity (Wildman–Crippen MR) is 72.9 cm³/mol. The summed E-state index contributed by atoms with van der Waals surface area (Å²) in [5.41, 5.74) is 4.13. The van der Waals surface area contributed by atoms with Crippen molar-refractivity contribution in [2.24, 2.45) is 0 Å². The normalized spacial score (nSPS) is 9.89. The SMILES string of the molecule is Cc1cc(C)cc(N(C)c2cc(C#N)ccn2)c1. The topological polar surface area (TPSA) is 39.9 Å². The number of rotatable bonds is 2. The Morgan fingerprint density at radius 2 is 1.78 bits per heavy atom. The van der Waals surface area contributed by atoms with Crippen molar-refractivity contribution in [3.8, 4) is 6.07 Å². The van der Waals surface area contributed by atoms with Crippen LogP contribution in [-0.4, -0.2) is 12.0 Å². The second kappa shape index (κ2) is 4.89. The third-order valence-corrected chi connectivity index (χ3v) is 2.81. The van der Waals surface area contributed by atoms with Crippen LogP contribution in [0.15, 0.2) is 36.5 Å². The minimum atomic E-state index is 0.622. The van der Waals surface area contributed by atoms with Crippen molar-refractivity contribution in [2.45, 2.75) is 13.8 Å². The number of nitriles is 1. The lowest BCUT2D eigenvalue weighted by Crippen LogP contribution is -2.11. The molecule has 3 nitrogen and oxygen atoms in total. The average Bonchev–Trinajstić information content (AvgIpc) is 2.37. The Morgan fingerprint density at radius 3 is 2.39 bits per heavy atom. The van der Waals surface area contributed by atoms with Crippen LogP contribution < -0.4 is 4.90 Å². The molecule has 0 unspecified atom stereocenters. The second-order valence-electron chi connectivity index (χ2n) is 4.42. The van der Waals surface area contributed by atoms with Crippen LogP contribution in [0.5, 0.6) is 0 Å². The van der Waals surface area contributed by atoms with Crippen molar-refractivity contribution in [3.63, 3.8) is 0 Å². The highest BCUT2D eigenvalue weighted by molar-refractivity contribution is 5.62. The van der Waals surface area contributed by atoms with Crippen molar-refractivity contribution >= 4 is 11.5 Å². The number of aryl methyl sites for hydroxylation is 2. The zero-order valence-electron chi connectivity index (χ0n) is 10.8. The third-order valence-electron chi connectivity index (χ3n) is 2.81. The lowest BCUT2D eigenvalue weighted by atomic mass is 10.1. The Labute approximate surface area is 107 Å². The zero-order chi connectivity index (χ0) is 13.1. The summed E-state index contributed by atoms with van der Waals surface area (Å²) >= 11 is 0. The molecule has 0 saturated heterocycles. The first kappa shape index (κ1) is 12.1. The van der Waals surface area contributed by atoms with Crippen LogP contribution >= 0.6 is 0 Å². The maximum absolute atomic E-state index is 8.91. The van der Waals surface area contributed by atoms with Gasteiger partial charge in [-0.15, -0.1) is 0 Å². The van der Waals surface area contributed by atoms with E-state index in [9.17, 15) is 0 Å². The fourth-order valence-electron chi connectivity index (χ4n) is 1.95. The van der Waals surface area contributed by atoms with Gasteiger partial charge in [0.1, 0.15) is 5.82 Å². The molecule has 0 aliphatic heterocycles. The number of anilines is 2. The van der Waals surface area contributed by atoms with Gasteiger partial charge in [-0.3, -0.25) is 0 Å². The Morgan fingerprint density at radius 1 is 1.11 bits per heavy atom. The fraction of sp³-hybridized carbons (Fsp3) is 0.200. The number of pyridine rings is 1. The summed E-state index contributed by atoms with van der Waals surface area (Å²) in [7, 11) is 1.96. The standard InChI is InChI=1S/C15H15N3/c1-11-6-12(2)8-14(7-11)18(3)15-9-13(10-16)4-5-17-15/h4-9H,1-3H3. The van der Waals surface area contributed by atoms with Gasteiger partial charge >= 0.3 is 0 Å². The summed E-state index contributed by atoms with van der Waals surface area (Å²) in [5.74, 6) is 0.777. The molecule has 0 saturated carbocycles. The van der Waals surface area contributed by atoms with Crippen molar-refractivity contribution in [3.05, 3.63) is 53.2 Å². The molecule has 1 heterocycles. The zero-order valence-corrected chi connectivity index (χ0v) is 10.8. The van der Waals surface area contributed by atoms with Crippen LogP contribution in [-0.2, 0) is 0 Å². The van der Waals surface area contributed by atoms with Gasteiger partial charge in [0.05, 0.1) is 11.6 Å². The molecule has 2 rings (SSSR count). The highest BCUT2D eigenvalue weighted by Gasteiger charge is 2.07. The van der Waals surface area contributed by atoms with Crippen molar-refractivity contribution in [1.29, 1.82) is 5.26 Å². The molecule has 2 aromatic rings. The lowest BCUT2D eigenvalue weighted by molar-refractivity contribution is 1.12. The molecule has 18 heavy (non-hydrogen) atoms. The van der Waals surface area contributed by atoms with E-state index >= 15 is 0 Å². The van der Waals surface area contributed by atoms with E-state index in [1.165, 1.54) is 11.1 Å². The van der Waals surface area contributed by atoms with E-state index in [0.29, 0.717) is 5.56 Å². The molecule has 0 bridgehead atoms. The molecular weight excluding hydrogens is 222 g/mol. The summed E-state index contributed by atoms with van der Waals surface area (Å²) in [6.07, 6.45) is 1.66. The minimum Gasteiger partial charge on any atom is -0.329 e. The van der Waals surface area contributed by atoms with E-state index in [0.717, 1.165) is 11.5 Å². The summed E-state index contributed by atoms with van der Waals surface area (Å²) in [6, 6.07) is 12.0. The molecule has 1 aromatic heterocycles. The van der Waals surface area contributed by atoms with Crippen LogP contribution in [0.2, 0.25) is 0 Å². The molecule has 1 aromatic carbocycles. The van der Waals surface area contributed by atoms with Gasteiger partial charge in [-0.05, 0) is 49.2 Å². The second-order valence-corrected chi connectivity index (χ2v) is 4.42. The van der Waals surface area contributed by atoms with E-state index in [-0.39, 0.29) is 0 Å². The minimum absolute atomic E-state index is 0.622. The third kappa shape index (κ3) is 2.49. The highest BCUT2D eigenvalue weighted by Crippen LogP contribution is 2.24. The van der Waals surface area contributed by atoms with Gasteiger partial charge in [0.2, 0.25) is 0 Å². The maximum Gasteiger partial charge on any atom is 0.133 e. The van der Waals surface area contributed by atoms with Gasteiger partial charge in [0.15, 0.2) is 0 Å². The lowest BCUT2D eigenvalue weighted by Gasteiger charge is -2.19. The van der Waals surface area contributed by atoms with Crippen molar-refractivity contribution in [1.82, 2.24) is 4.98 Å². The molecule has 0 aliphatic carbocycles. The number of nitrogens with zero attached hydrogens (tertiary/aromatic N) is 3. The average molecular weight is 237 g/mol.